The van der Waals surface area contributed by atoms with Crippen molar-refractivity contribution in [3.8, 4) is 0 Å². The van der Waals surface area contributed by atoms with E-state index in [0.717, 1.165) is 17.9 Å². The number of pyridine rings is 1. The van der Waals surface area contributed by atoms with Crippen LogP contribution in [-0.4, -0.2) is 21.1 Å². The molecule has 0 saturated carbocycles. The maximum atomic E-state index is 13.7. The Morgan fingerprint density at radius 3 is 2.57 bits per heavy atom. The van der Waals surface area contributed by atoms with Crippen LogP contribution in [0.2, 0.25) is 0 Å². The lowest BCUT2D eigenvalue weighted by molar-refractivity contribution is -0.137. The summed E-state index contributed by atoms with van der Waals surface area (Å²) in [6.07, 6.45) is -1.59. The molecule has 0 amide bonds. The molecule has 1 atom stereocenters. The van der Waals surface area contributed by atoms with Crippen LogP contribution in [0.25, 0.3) is 10.8 Å². The molecule has 0 spiro atoms. The van der Waals surface area contributed by atoms with Gasteiger partial charge < -0.3 is 19.7 Å². The summed E-state index contributed by atoms with van der Waals surface area (Å²) in [5.41, 5.74) is 0.545. The number of aromatic nitrogens is 3. The summed E-state index contributed by atoms with van der Waals surface area (Å²) in [5, 5.41) is 6.52. The minimum Gasteiger partial charge on any atom is -0.362 e. The number of anilines is 4. The summed E-state index contributed by atoms with van der Waals surface area (Å²) in [7, 11) is 1.94. The summed E-state index contributed by atoms with van der Waals surface area (Å²) in [4.78, 5) is 20.6. The molecule has 0 fully saturated rings. The summed E-state index contributed by atoms with van der Waals surface area (Å²) in [6.45, 7) is 2.60. The summed E-state index contributed by atoms with van der Waals surface area (Å²) < 4.78 is 47.9. The molecular weight excluding hydrogens is 478 g/mol. The SMILES string of the molecule is CCOPCc1ccc(Nc2ncc(C(F)(F)F)c(Nc3cccc4ccn(C)c(=O)c34)n2)cc1. The van der Waals surface area contributed by atoms with E-state index in [1.54, 1.807) is 49.6 Å². The second-order valence-corrected chi connectivity index (χ2v) is 8.59. The lowest BCUT2D eigenvalue weighted by Gasteiger charge is -2.16. The Balaban J connectivity index is 1.66. The first-order valence-corrected chi connectivity index (χ1v) is 11.9. The monoisotopic (exact) mass is 501 g/mol. The zero-order valence-corrected chi connectivity index (χ0v) is 20.0. The van der Waals surface area contributed by atoms with Gasteiger partial charge in [0.2, 0.25) is 5.95 Å². The third kappa shape index (κ3) is 5.78. The molecular formula is C24H23F3N5O2P. The number of aryl methyl sites for hydroxylation is 1. The largest absolute Gasteiger partial charge is 0.421 e. The van der Waals surface area contributed by atoms with E-state index in [9.17, 15) is 18.0 Å². The zero-order chi connectivity index (χ0) is 25.0. The smallest absolute Gasteiger partial charge is 0.362 e. The number of hydrogen-bond donors (Lipinski definition) is 2. The van der Waals surface area contributed by atoms with Crippen molar-refractivity contribution in [3.05, 3.63) is 82.4 Å². The number of fused-ring (bicyclic) bond motifs is 1. The summed E-state index contributed by atoms with van der Waals surface area (Å²) >= 11 is 0. The molecule has 182 valence electrons. The van der Waals surface area contributed by atoms with Crippen LogP contribution >= 0.6 is 8.81 Å². The molecule has 4 rings (SSSR count). The van der Waals surface area contributed by atoms with Gasteiger partial charge in [0.1, 0.15) is 11.4 Å². The first kappa shape index (κ1) is 24.6. The topological polar surface area (TPSA) is 81.1 Å². The van der Waals surface area contributed by atoms with Gasteiger partial charge in [0.15, 0.2) is 0 Å². The average molecular weight is 501 g/mol. The molecule has 0 aliphatic carbocycles. The molecule has 0 radical (unpaired) electrons. The van der Waals surface area contributed by atoms with Crippen LogP contribution in [0.4, 0.5) is 36.3 Å². The van der Waals surface area contributed by atoms with Crippen LogP contribution in [0, 0.1) is 0 Å². The Hall–Kier alpha value is -3.49. The van der Waals surface area contributed by atoms with Crippen LogP contribution < -0.4 is 16.2 Å². The average Bonchev–Trinajstić information content (AvgIpc) is 2.82. The fraction of sp³-hybridized carbons (Fsp3) is 0.208. The second kappa shape index (κ2) is 10.4. The van der Waals surface area contributed by atoms with E-state index >= 15 is 0 Å². The molecule has 7 nitrogen and oxygen atoms in total. The van der Waals surface area contributed by atoms with E-state index in [-0.39, 0.29) is 22.6 Å². The van der Waals surface area contributed by atoms with Crippen LogP contribution in [-0.2, 0) is 23.9 Å². The van der Waals surface area contributed by atoms with Crippen LogP contribution in [0.5, 0.6) is 0 Å². The van der Waals surface area contributed by atoms with Gasteiger partial charge in [-0.1, -0.05) is 24.3 Å². The van der Waals surface area contributed by atoms with Gasteiger partial charge in [0, 0.05) is 46.7 Å². The first-order valence-electron chi connectivity index (χ1n) is 10.8. The Labute approximate surface area is 201 Å². The lowest BCUT2D eigenvalue weighted by atomic mass is 10.1. The minimum atomic E-state index is -4.70. The van der Waals surface area contributed by atoms with Gasteiger partial charge >= 0.3 is 6.18 Å². The molecule has 2 aromatic carbocycles. The van der Waals surface area contributed by atoms with Crippen molar-refractivity contribution < 1.29 is 17.7 Å². The van der Waals surface area contributed by atoms with E-state index in [2.05, 4.69) is 20.6 Å². The predicted molar refractivity (Wildman–Crippen MR) is 133 cm³/mol. The van der Waals surface area contributed by atoms with Gasteiger partial charge in [-0.05, 0) is 42.1 Å². The van der Waals surface area contributed by atoms with Gasteiger partial charge in [0.25, 0.3) is 5.56 Å². The Morgan fingerprint density at radius 2 is 1.86 bits per heavy atom. The molecule has 1 unspecified atom stereocenters. The maximum Gasteiger partial charge on any atom is 0.421 e. The van der Waals surface area contributed by atoms with Crippen LogP contribution in [0.3, 0.4) is 0 Å². The van der Waals surface area contributed by atoms with E-state index in [4.69, 9.17) is 4.52 Å². The fourth-order valence-corrected chi connectivity index (χ4v) is 4.14. The second-order valence-electron chi connectivity index (χ2n) is 7.66. The normalized spacial score (nSPS) is 11.9. The third-order valence-corrected chi connectivity index (χ3v) is 6.23. The van der Waals surface area contributed by atoms with Gasteiger partial charge in [-0.15, -0.1) is 0 Å². The molecule has 4 aromatic rings. The van der Waals surface area contributed by atoms with Crippen molar-refractivity contribution in [2.24, 2.45) is 7.05 Å². The highest BCUT2D eigenvalue weighted by molar-refractivity contribution is 7.31. The van der Waals surface area contributed by atoms with Crippen LogP contribution in [0.1, 0.15) is 18.1 Å². The van der Waals surface area contributed by atoms with Crippen LogP contribution in [0.15, 0.2) is 65.7 Å². The lowest BCUT2D eigenvalue weighted by Crippen LogP contribution is -2.17. The first-order chi connectivity index (χ1) is 16.8. The number of alkyl halides is 3. The highest BCUT2D eigenvalue weighted by Crippen LogP contribution is 2.36. The Kier molecular flexibility index (Phi) is 7.33. The van der Waals surface area contributed by atoms with Crippen molar-refractivity contribution in [2.75, 3.05) is 17.2 Å². The molecule has 2 heterocycles. The van der Waals surface area contributed by atoms with Crippen molar-refractivity contribution in [2.45, 2.75) is 19.3 Å². The van der Waals surface area contributed by atoms with Crippen molar-refractivity contribution >= 4 is 42.7 Å². The quantitative estimate of drug-likeness (QED) is 0.229. The number of nitrogens with one attached hydrogen (secondary N) is 2. The predicted octanol–water partition coefficient (Wildman–Crippen LogP) is 5.96. The molecule has 0 bridgehead atoms. The number of halogens is 3. The number of hydrogen-bond acceptors (Lipinski definition) is 6. The minimum absolute atomic E-state index is 0.0161. The van der Waals surface area contributed by atoms with E-state index in [1.807, 2.05) is 19.1 Å². The molecule has 35 heavy (non-hydrogen) atoms. The van der Waals surface area contributed by atoms with E-state index < -0.39 is 17.6 Å². The van der Waals surface area contributed by atoms with Crippen molar-refractivity contribution in [3.63, 3.8) is 0 Å². The van der Waals surface area contributed by atoms with Gasteiger partial charge in [-0.3, -0.25) is 4.79 Å². The Morgan fingerprint density at radius 1 is 1.09 bits per heavy atom. The Bertz CT molecular complexity index is 1390. The number of nitrogens with zero attached hydrogens (tertiary/aromatic N) is 3. The maximum absolute atomic E-state index is 13.7. The number of benzene rings is 2. The molecule has 0 aliphatic rings. The van der Waals surface area contributed by atoms with Gasteiger partial charge in [0.05, 0.1) is 11.1 Å². The fourth-order valence-electron chi connectivity index (χ4n) is 3.43. The summed E-state index contributed by atoms with van der Waals surface area (Å²) in [6, 6.07) is 14.1. The third-order valence-electron chi connectivity index (χ3n) is 5.19. The zero-order valence-electron chi connectivity index (χ0n) is 19.0. The standard InChI is InChI=1S/C24H23F3N5O2P/c1-3-34-35-14-15-7-9-17(10-8-15)29-23-28-13-18(24(25,26)27)21(31-23)30-19-6-4-5-16-11-12-32(2)22(33)20(16)19/h4-13,35H,3,14H2,1-2H3,(H2,28,29,30,31). The van der Waals surface area contributed by atoms with E-state index in [0.29, 0.717) is 26.5 Å². The molecule has 2 N–H and O–H groups in total. The summed E-state index contributed by atoms with van der Waals surface area (Å²) in [5.74, 6) is -0.472. The molecule has 2 aromatic heterocycles. The van der Waals surface area contributed by atoms with Gasteiger partial charge in [-0.25, -0.2) is 4.98 Å². The van der Waals surface area contributed by atoms with Gasteiger partial charge in [-0.2, -0.15) is 18.2 Å². The highest BCUT2D eigenvalue weighted by atomic mass is 31.1. The molecule has 0 aliphatic heterocycles. The van der Waals surface area contributed by atoms with E-state index in [1.165, 1.54) is 4.57 Å². The van der Waals surface area contributed by atoms with Crippen molar-refractivity contribution in [1.82, 2.24) is 14.5 Å². The molecule has 0 saturated heterocycles. The van der Waals surface area contributed by atoms with Crippen molar-refractivity contribution in [1.29, 1.82) is 0 Å². The number of rotatable bonds is 8. The molecule has 11 heteroatoms. The highest BCUT2D eigenvalue weighted by Gasteiger charge is 2.35.